The number of nitrogens with one attached hydrogen (secondary N) is 2. The van der Waals surface area contributed by atoms with Crippen LogP contribution in [-0.4, -0.2) is 31.7 Å². The normalized spacial score (nSPS) is 11.5. The predicted molar refractivity (Wildman–Crippen MR) is 82.6 cm³/mol. The molecular formula is C13H11N3O4S2. The van der Waals surface area contributed by atoms with Crippen molar-refractivity contribution >= 4 is 43.9 Å². The number of aromatic nitrogens is 2. The van der Waals surface area contributed by atoms with Gasteiger partial charge in [0.1, 0.15) is 9.77 Å². The molecule has 0 fully saturated rings. The van der Waals surface area contributed by atoms with Crippen LogP contribution in [0, 0.1) is 0 Å². The number of rotatable bonds is 4. The van der Waals surface area contributed by atoms with Crippen LogP contribution in [0.3, 0.4) is 0 Å². The van der Waals surface area contributed by atoms with Crippen LogP contribution >= 0.6 is 11.3 Å². The molecule has 2 N–H and O–H groups in total. The summed E-state index contributed by atoms with van der Waals surface area (Å²) in [4.78, 5) is 11.6. The summed E-state index contributed by atoms with van der Waals surface area (Å²) in [5.74, 6) is -0.681. The minimum atomic E-state index is -3.88. The number of esters is 1. The number of fused-ring (bicyclic) bond motifs is 1. The van der Waals surface area contributed by atoms with Crippen molar-refractivity contribution in [2.45, 2.75) is 4.90 Å². The number of anilines is 1. The first-order valence-corrected chi connectivity index (χ1v) is 8.49. The first-order chi connectivity index (χ1) is 10.5. The van der Waals surface area contributed by atoms with Gasteiger partial charge in [0.05, 0.1) is 24.5 Å². The monoisotopic (exact) mass is 337 g/mol. The SMILES string of the molecule is COC(=O)c1sccc1S(=O)(=O)Nc1ccc2cn[nH]c2c1. The lowest BCUT2D eigenvalue weighted by Crippen LogP contribution is -2.15. The quantitative estimate of drug-likeness (QED) is 0.711. The Kier molecular flexibility index (Phi) is 3.59. The number of nitrogens with zero attached hydrogens (tertiary/aromatic N) is 1. The van der Waals surface area contributed by atoms with Crippen LogP contribution in [0.15, 0.2) is 40.7 Å². The molecule has 0 saturated heterocycles. The zero-order valence-electron chi connectivity index (χ0n) is 11.4. The minimum Gasteiger partial charge on any atom is -0.465 e. The van der Waals surface area contributed by atoms with E-state index in [9.17, 15) is 13.2 Å². The number of carbonyl (C=O) groups excluding carboxylic acids is 1. The molecule has 1 aromatic carbocycles. The topological polar surface area (TPSA) is 101 Å². The van der Waals surface area contributed by atoms with E-state index in [0.29, 0.717) is 11.2 Å². The Labute approximate surface area is 130 Å². The second-order valence-electron chi connectivity index (χ2n) is 4.38. The number of aromatic amines is 1. The Morgan fingerprint density at radius 1 is 1.36 bits per heavy atom. The van der Waals surface area contributed by atoms with Crippen molar-refractivity contribution in [2.24, 2.45) is 0 Å². The molecule has 0 unspecified atom stereocenters. The number of thiophene rings is 1. The number of sulfonamides is 1. The third-order valence-corrected chi connectivity index (χ3v) is 5.43. The van der Waals surface area contributed by atoms with E-state index < -0.39 is 16.0 Å². The maximum atomic E-state index is 12.4. The average Bonchev–Trinajstić information content (AvgIpc) is 3.14. The molecule has 3 aromatic rings. The maximum absolute atomic E-state index is 12.4. The molecule has 2 aromatic heterocycles. The number of carbonyl (C=O) groups is 1. The summed E-state index contributed by atoms with van der Waals surface area (Å²) in [5.41, 5.74) is 1.08. The third kappa shape index (κ3) is 2.55. The molecule has 0 bridgehead atoms. The Morgan fingerprint density at radius 3 is 2.95 bits per heavy atom. The molecule has 3 rings (SSSR count). The van der Waals surface area contributed by atoms with Crippen LogP contribution in [0.4, 0.5) is 5.69 Å². The second-order valence-corrected chi connectivity index (χ2v) is 6.95. The molecule has 22 heavy (non-hydrogen) atoms. The van der Waals surface area contributed by atoms with Gasteiger partial charge in [0.25, 0.3) is 10.0 Å². The molecule has 0 aliphatic rings. The molecule has 9 heteroatoms. The molecule has 0 amide bonds. The van der Waals surface area contributed by atoms with Crippen molar-refractivity contribution in [3.63, 3.8) is 0 Å². The predicted octanol–water partition coefficient (Wildman–Crippen LogP) is 2.21. The van der Waals surface area contributed by atoms with Gasteiger partial charge in [-0.15, -0.1) is 11.3 Å². The van der Waals surface area contributed by atoms with Crippen LogP contribution in [0.1, 0.15) is 9.67 Å². The highest BCUT2D eigenvalue weighted by Gasteiger charge is 2.24. The van der Waals surface area contributed by atoms with Gasteiger partial charge in [-0.05, 0) is 29.6 Å². The van der Waals surface area contributed by atoms with Crippen molar-refractivity contribution < 1.29 is 17.9 Å². The number of benzene rings is 1. The van der Waals surface area contributed by atoms with Gasteiger partial charge in [-0.2, -0.15) is 5.10 Å². The van der Waals surface area contributed by atoms with E-state index in [1.165, 1.54) is 18.6 Å². The van der Waals surface area contributed by atoms with E-state index in [1.807, 2.05) is 0 Å². The van der Waals surface area contributed by atoms with E-state index in [1.54, 1.807) is 24.4 Å². The number of methoxy groups -OCH3 is 1. The molecular weight excluding hydrogens is 326 g/mol. The summed E-state index contributed by atoms with van der Waals surface area (Å²) < 4.78 is 31.9. The molecule has 0 radical (unpaired) electrons. The van der Waals surface area contributed by atoms with Crippen molar-refractivity contribution in [3.8, 4) is 0 Å². The lowest BCUT2D eigenvalue weighted by Gasteiger charge is -2.08. The summed E-state index contributed by atoms with van der Waals surface area (Å²) in [6, 6.07) is 6.36. The van der Waals surface area contributed by atoms with Crippen LogP contribution in [-0.2, 0) is 14.8 Å². The molecule has 0 saturated carbocycles. The lowest BCUT2D eigenvalue weighted by atomic mass is 10.2. The second kappa shape index (κ2) is 5.43. The number of ether oxygens (including phenoxy) is 1. The fourth-order valence-corrected chi connectivity index (χ4v) is 4.35. The summed E-state index contributed by atoms with van der Waals surface area (Å²) in [5, 5.41) is 9.03. The summed E-state index contributed by atoms with van der Waals surface area (Å²) in [6.45, 7) is 0. The molecule has 2 heterocycles. The third-order valence-electron chi connectivity index (χ3n) is 2.98. The molecule has 0 atom stereocenters. The molecule has 7 nitrogen and oxygen atoms in total. The van der Waals surface area contributed by atoms with Crippen molar-refractivity contribution in [3.05, 3.63) is 40.7 Å². The van der Waals surface area contributed by atoms with Gasteiger partial charge in [0.15, 0.2) is 0 Å². The molecule has 0 aliphatic carbocycles. The molecule has 114 valence electrons. The Balaban J connectivity index is 1.96. The van der Waals surface area contributed by atoms with E-state index >= 15 is 0 Å². The highest BCUT2D eigenvalue weighted by atomic mass is 32.2. The van der Waals surface area contributed by atoms with E-state index in [-0.39, 0.29) is 9.77 Å². The van der Waals surface area contributed by atoms with Gasteiger partial charge in [-0.1, -0.05) is 0 Å². The van der Waals surface area contributed by atoms with Gasteiger partial charge < -0.3 is 4.74 Å². The standard InChI is InChI=1S/C13H11N3O4S2/c1-20-13(17)12-11(4-5-21-12)22(18,19)16-9-3-2-8-7-14-15-10(8)6-9/h2-7,16H,1H3,(H,14,15). The minimum absolute atomic E-state index is 0.0395. The summed E-state index contributed by atoms with van der Waals surface area (Å²) >= 11 is 1.01. The van der Waals surface area contributed by atoms with Crippen LogP contribution in [0.25, 0.3) is 10.9 Å². The first kappa shape index (κ1) is 14.5. The Hall–Kier alpha value is -2.39. The molecule has 0 spiro atoms. The average molecular weight is 337 g/mol. The van der Waals surface area contributed by atoms with E-state index in [0.717, 1.165) is 16.7 Å². The van der Waals surface area contributed by atoms with E-state index in [4.69, 9.17) is 0 Å². The van der Waals surface area contributed by atoms with Crippen LogP contribution in [0.5, 0.6) is 0 Å². The fraction of sp³-hybridized carbons (Fsp3) is 0.0769. The lowest BCUT2D eigenvalue weighted by molar-refractivity contribution is 0.0602. The van der Waals surface area contributed by atoms with Gasteiger partial charge in [-0.3, -0.25) is 9.82 Å². The summed E-state index contributed by atoms with van der Waals surface area (Å²) in [7, 11) is -2.68. The van der Waals surface area contributed by atoms with Crippen molar-refractivity contribution in [1.29, 1.82) is 0 Å². The van der Waals surface area contributed by atoms with E-state index in [2.05, 4.69) is 19.7 Å². The van der Waals surface area contributed by atoms with Crippen LogP contribution in [0.2, 0.25) is 0 Å². The smallest absolute Gasteiger partial charge is 0.349 e. The van der Waals surface area contributed by atoms with Gasteiger partial charge >= 0.3 is 5.97 Å². The first-order valence-electron chi connectivity index (χ1n) is 6.13. The van der Waals surface area contributed by atoms with Crippen molar-refractivity contribution in [1.82, 2.24) is 10.2 Å². The zero-order chi connectivity index (χ0) is 15.7. The summed E-state index contributed by atoms with van der Waals surface area (Å²) in [6.07, 6.45) is 1.64. The fourth-order valence-electron chi connectivity index (χ4n) is 1.96. The van der Waals surface area contributed by atoms with Crippen molar-refractivity contribution in [2.75, 3.05) is 11.8 Å². The van der Waals surface area contributed by atoms with Crippen LogP contribution < -0.4 is 4.72 Å². The van der Waals surface area contributed by atoms with Gasteiger partial charge in [0, 0.05) is 5.39 Å². The number of H-pyrrole nitrogens is 1. The largest absolute Gasteiger partial charge is 0.465 e. The van der Waals surface area contributed by atoms with Gasteiger partial charge in [0.2, 0.25) is 0 Å². The Bertz CT molecular complexity index is 943. The molecule has 0 aliphatic heterocycles. The number of hydrogen-bond donors (Lipinski definition) is 2. The highest BCUT2D eigenvalue weighted by Crippen LogP contribution is 2.26. The highest BCUT2D eigenvalue weighted by molar-refractivity contribution is 7.93. The zero-order valence-corrected chi connectivity index (χ0v) is 13.0. The Morgan fingerprint density at radius 2 is 2.18 bits per heavy atom. The van der Waals surface area contributed by atoms with Gasteiger partial charge in [-0.25, -0.2) is 13.2 Å². The maximum Gasteiger partial charge on any atom is 0.349 e. The number of hydrogen-bond acceptors (Lipinski definition) is 6.